The fourth-order valence-corrected chi connectivity index (χ4v) is 1.24. The van der Waals surface area contributed by atoms with Crippen LogP contribution in [-0.4, -0.2) is 5.78 Å². The summed E-state index contributed by atoms with van der Waals surface area (Å²) in [4.78, 5) is 11.0. The Balaban J connectivity index is 3.12. The van der Waals surface area contributed by atoms with Crippen LogP contribution in [0.5, 0.6) is 0 Å². The van der Waals surface area contributed by atoms with E-state index in [1.54, 1.807) is 6.92 Å². The smallest absolute Gasteiger partial charge is 0.160 e. The Morgan fingerprint density at radius 2 is 2.09 bits per heavy atom. The van der Waals surface area contributed by atoms with Gasteiger partial charge in [0.05, 0.1) is 0 Å². The maximum absolute atomic E-state index is 11.0. The van der Waals surface area contributed by atoms with Crippen molar-refractivity contribution in [3.63, 3.8) is 0 Å². The highest BCUT2D eigenvalue weighted by Crippen LogP contribution is 2.11. The van der Waals surface area contributed by atoms with Crippen molar-refractivity contribution < 1.29 is 4.79 Å². The Kier molecular flexibility index (Phi) is 2.71. The fraction of sp³-hybridized carbons (Fsp3) is 0.222. The summed E-state index contributed by atoms with van der Waals surface area (Å²) < 4.78 is 0. The number of hydrogen-bond donors (Lipinski definition) is 0. The van der Waals surface area contributed by atoms with Crippen LogP contribution in [0.1, 0.15) is 22.8 Å². The molecule has 1 rings (SSSR count). The number of benzene rings is 1. The molecule has 0 aliphatic rings. The van der Waals surface area contributed by atoms with Gasteiger partial charge in [0.2, 0.25) is 0 Å². The number of carbonyl (C=O) groups excluding carboxylic acids is 1. The van der Waals surface area contributed by atoms with Crippen LogP contribution in [0.2, 0.25) is 0 Å². The molecule has 2 heteroatoms. The van der Waals surface area contributed by atoms with Crippen LogP contribution in [-0.2, 0) is 5.75 Å². The van der Waals surface area contributed by atoms with Crippen molar-refractivity contribution in [2.75, 3.05) is 0 Å². The number of carbonyl (C=O) groups is 1. The molecule has 57 valence electrons. The molecule has 0 saturated carbocycles. The molecule has 0 N–H and O–H groups in total. The monoisotopic (exact) mass is 165 g/mol. The Morgan fingerprint density at radius 3 is 2.55 bits per heavy atom. The molecule has 1 radical (unpaired) electrons. The average Bonchev–Trinajstić information content (AvgIpc) is 2.04. The quantitative estimate of drug-likeness (QED) is 0.615. The molecule has 1 aromatic rings. The summed E-state index contributed by atoms with van der Waals surface area (Å²) >= 11 is 4.87. The lowest BCUT2D eigenvalue weighted by Crippen LogP contribution is -1.96. The summed E-state index contributed by atoms with van der Waals surface area (Å²) in [5.74, 6) is 0.598. The van der Waals surface area contributed by atoms with Crippen molar-refractivity contribution in [1.82, 2.24) is 0 Å². The molecule has 0 fully saturated rings. The maximum atomic E-state index is 11.0. The van der Waals surface area contributed by atoms with E-state index in [0.29, 0.717) is 5.75 Å². The number of Topliss-reactive ketones (excluding diaryl/α,β-unsaturated/α-hetero) is 1. The first kappa shape index (κ1) is 8.34. The number of ketones is 1. The second-order valence-corrected chi connectivity index (χ2v) is 2.65. The number of rotatable bonds is 2. The van der Waals surface area contributed by atoms with E-state index in [4.69, 9.17) is 12.6 Å². The summed E-state index contributed by atoms with van der Waals surface area (Å²) in [6.07, 6.45) is 0. The topological polar surface area (TPSA) is 17.1 Å². The summed E-state index contributed by atoms with van der Waals surface area (Å²) in [5.41, 5.74) is 1.71. The first-order chi connectivity index (χ1) is 5.25. The molecule has 0 spiro atoms. The van der Waals surface area contributed by atoms with Crippen LogP contribution in [0, 0.1) is 0 Å². The highest BCUT2D eigenvalue weighted by molar-refractivity contribution is 7.79. The molecule has 0 bridgehead atoms. The zero-order chi connectivity index (χ0) is 8.27. The van der Waals surface area contributed by atoms with E-state index in [2.05, 4.69) is 0 Å². The highest BCUT2D eigenvalue weighted by atomic mass is 32.1. The Bertz CT molecular complexity index is 268. The SMILES string of the molecule is CC(=O)c1ccccc1C[S]. The summed E-state index contributed by atoms with van der Waals surface area (Å²) in [6, 6.07) is 7.45. The second kappa shape index (κ2) is 3.58. The average molecular weight is 165 g/mol. The molecule has 1 nitrogen and oxygen atoms in total. The predicted octanol–water partition coefficient (Wildman–Crippen LogP) is 2.59. The summed E-state index contributed by atoms with van der Waals surface area (Å²) in [6.45, 7) is 1.56. The van der Waals surface area contributed by atoms with Crippen LogP contribution < -0.4 is 0 Å². The molecule has 0 saturated heterocycles. The molecule has 0 aromatic heterocycles. The van der Waals surface area contributed by atoms with Gasteiger partial charge in [-0.3, -0.25) is 4.79 Å². The molecule has 0 heterocycles. The predicted molar refractivity (Wildman–Crippen MR) is 47.7 cm³/mol. The van der Waals surface area contributed by atoms with Gasteiger partial charge in [-0.05, 0) is 12.5 Å². The third-order valence-electron chi connectivity index (χ3n) is 1.55. The van der Waals surface area contributed by atoms with Gasteiger partial charge in [-0.1, -0.05) is 36.9 Å². The minimum absolute atomic E-state index is 0.0884. The standard InChI is InChI=1S/C9H9OS/c1-7(10)9-5-3-2-4-8(9)6-11/h2-5H,6H2,1H3. The van der Waals surface area contributed by atoms with E-state index < -0.39 is 0 Å². The molecule has 0 unspecified atom stereocenters. The molecule has 0 amide bonds. The third-order valence-corrected chi connectivity index (χ3v) is 1.86. The normalized spacial score (nSPS) is 9.64. The lowest BCUT2D eigenvalue weighted by Gasteiger charge is -2.00. The molecule has 11 heavy (non-hydrogen) atoms. The third kappa shape index (κ3) is 1.84. The Morgan fingerprint density at radius 1 is 1.45 bits per heavy atom. The van der Waals surface area contributed by atoms with Crippen LogP contribution >= 0.6 is 12.6 Å². The molecule has 0 aliphatic carbocycles. The Hall–Kier alpha value is -0.760. The molecular formula is C9H9OS. The van der Waals surface area contributed by atoms with Gasteiger partial charge in [-0.2, -0.15) is 0 Å². The largest absolute Gasteiger partial charge is 0.295 e. The van der Waals surface area contributed by atoms with Gasteiger partial charge in [-0.15, -0.1) is 0 Å². The van der Waals surface area contributed by atoms with E-state index in [-0.39, 0.29) is 5.78 Å². The van der Waals surface area contributed by atoms with Crippen LogP contribution in [0.3, 0.4) is 0 Å². The molecule has 0 aliphatic heterocycles. The van der Waals surface area contributed by atoms with Crippen LogP contribution in [0.25, 0.3) is 0 Å². The molecular weight excluding hydrogens is 156 g/mol. The summed E-state index contributed by atoms with van der Waals surface area (Å²) in [5, 5.41) is 0. The van der Waals surface area contributed by atoms with Gasteiger partial charge in [0.15, 0.2) is 5.78 Å². The first-order valence-electron chi connectivity index (χ1n) is 3.42. The van der Waals surface area contributed by atoms with Crippen LogP contribution in [0.4, 0.5) is 0 Å². The zero-order valence-electron chi connectivity index (χ0n) is 6.33. The lowest BCUT2D eigenvalue weighted by molar-refractivity contribution is 0.101. The highest BCUT2D eigenvalue weighted by Gasteiger charge is 2.03. The molecule has 0 atom stereocenters. The lowest BCUT2D eigenvalue weighted by atomic mass is 10.1. The van der Waals surface area contributed by atoms with Crippen LogP contribution in [0.15, 0.2) is 24.3 Å². The van der Waals surface area contributed by atoms with Gasteiger partial charge in [0, 0.05) is 11.3 Å². The number of hydrogen-bond acceptors (Lipinski definition) is 1. The second-order valence-electron chi connectivity index (χ2n) is 2.36. The van der Waals surface area contributed by atoms with Gasteiger partial charge >= 0.3 is 0 Å². The van der Waals surface area contributed by atoms with E-state index in [9.17, 15) is 4.79 Å². The van der Waals surface area contributed by atoms with Crippen molar-refractivity contribution in [3.8, 4) is 0 Å². The first-order valence-corrected chi connectivity index (χ1v) is 4.00. The fourth-order valence-electron chi connectivity index (χ4n) is 0.990. The van der Waals surface area contributed by atoms with Gasteiger partial charge in [0.25, 0.3) is 0 Å². The van der Waals surface area contributed by atoms with Crippen molar-refractivity contribution in [1.29, 1.82) is 0 Å². The summed E-state index contributed by atoms with van der Waals surface area (Å²) in [7, 11) is 0. The molecule has 1 aromatic carbocycles. The van der Waals surface area contributed by atoms with Crippen molar-refractivity contribution in [2.45, 2.75) is 12.7 Å². The minimum atomic E-state index is 0.0884. The van der Waals surface area contributed by atoms with Crippen molar-refractivity contribution in [3.05, 3.63) is 35.4 Å². The van der Waals surface area contributed by atoms with Gasteiger partial charge in [0.1, 0.15) is 0 Å². The zero-order valence-corrected chi connectivity index (χ0v) is 7.15. The van der Waals surface area contributed by atoms with E-state index in [1.165, 1.54) is 0 Å². The van der Waals surface area contributed by atoms with E-state index >= 15 is 0 Å². The van der Waals surface area contributed by atoms with Crippen molar-refractivity contribution >= 4 is 18.4 Å². The van der Waals surface area contributed by atoms with E-state index in [1.807, 2.05) is 24.3 Å². The maximum Gasteiger partial charge on any atom is 0.160 e. The minimum Gasteiger partial charge on any atom is -0.295 e. The van der Waals surface area contributed by atoms with Crippen molar-refractivity contribution in [2.24, 2.45) is 0 Å². The van der Waals surface area contributed by atoms with Gasteiger partial charge < -0.3 is 0 Å². The van der Waals surface area contributed by atoms with E-state index in [0.717, 1.165) is 11.1 Å². The van der Waals surface area contributed by atoms with Gasteiger partial charge in [-0.25, -0.2) is 0 Å². The Labute approximate surface area is 71.8 Å².